The van der Waals surface area contributed by atoms with E-state index < -0.39 is 0 Å². The Morgan fingerprint density at radius 2 is 1.94 bits per heavy atom. The molecular weight excluding hydrogens is 212 g/mol. The summed E-state index contributed by atoms with van der Waals surface area (Å²) in [5.41, 5.74) is 1.23. The fraction of sp³-hybridized carbons (Fsp3) is 0.571. The van der Waals surface area contributed by atoms with E-state index in [9.17, 15) is 4.79 Å². The van der Waals surface area contributed by atoms with Crippen LogP contribution in [0.5, 0.6) is 0 Å². The van der Waals surface area contributed by atoms with Crippen molar-refractivity contribution in [2.24, 2.45) is 5.92 Å². The smallest absolute Gasteiger partial charge is 0.223 e. The summed E-state index contributed by atoms with van der Waals surface area (Å²) in [5, 5.41) is 3.04. The molecule has 2 rings (SSSR count). The summed E-state index contributed by atoms with van der Waals surface area (Å²) in [7, 11) is 0. The van der Waals surface area contributed by atoms with E-state index in [1.54, 1.807) is 12.4 Å². The molecule has 0 saturated heterocycles. The summed E-state index contributed by atoms with van der Waals surface area (Å²) in [6.45, 7) is 0.735. The van der Waals surface area contributed by atoms with Crippen molar-refractivity contribution in [1.82, 2.24) is 10.3 Å². The molecule has 1 fully saturated rings. The highest BCUT2D eigenvalue weighted by Gasteiger charge is 2.20. The first-order valence-electron chi connectivity index (χ1n) is 6.53. The molecule has 3 nitrogen and oxygen atoms in total. The Hall–Kier alpha value is -1.38. The molecule has 0 aromatic carbocycles. The maximum atomic E-state index is 11.9. The van der Waals surface area contributed by atoms with Gasteiger partial charge in [0.1, 0.15) is 0 Å². The lowest BCUT2D eigenvalue weighted by atomic mass is 9.88. The first-order valence-corrected chi connectivity index (χ1v) is 6.53. The third-order valence-electron chi connectivity index (χ3n) is 3.44. The van der Waals surface area contributed by atoms with Crippen LogP contribution in [0.2, 0.25) is 0 Å². The van der Waals surface area contributed by atoms with E-state index in [2.05, 4.69) is 10.3 Å². The van der Waals surface area contributed by atoms with Crippen molar-refractivity contribution in [2.45, 2.75) is 38.5 Å². The summed E-state index contributed by atoms with van der Waals surface area (Å²) in [4.78, 5) is 15.8. The standard InChI is InChI=1S/C14H20N2O/c17-14(13-4-2-1-3-5-13)16-11-8-12-6-9-15-10-7-12/h6-7,9-10,13H,1-5,8,11H2,(H,16,17). The quantitative estimate of drug-likeness (QED) is 0.865. The molecule has 17 heavy (non-hydrogen) atoms. The second-order valence-electron chi connectivity index (χ2n) is 4.73. The fourth-order valence-corrected chi connectivity index (χ4v) is 2.39. The van der Waals surface area contributed by atoms with Crippen LogP contribution in [-0.2, 0) is 11.2 Å². The highest BCUT2D eigenvalue weighted by Crippen LogP contribution is 2.23. The molecule has 3 heteroatoms. The molecule has 0 atom stereocenters. The van der Waals surface area contributed by atoms with Crippen LogP contribution >= 0.6 is 0 Å². The first kappa shape index (κ1) is 12.1. The average Bonchev–Trinajstić information content (AvgIpc) is 2.41. The van der Waals surface area contributed by atoms with Gasteiger partial charge in [-0.2, -0.15) is 0 Å². The van der Waals surface area contributed by atoms with Gasteiger partial charge in [0.15, 0.2) is 0 Å². The normalized spacial score (nSPS) is 16.7. The third-order valence-corrected chi connectivity index (χ3v) is 3.44. The number of rotatable bonds is 4. The summed E-state index contributed by atoms with van der Waals surface area (Å²) < 4.78 is 0. The number of carbonyl (C=O) groups is 1. The molecule has 1 saturated carbocycles. The highest BCUT2D eigenvalue weighted by molar-refractivity contribution is 5.78. The largest absolute Gasteiger partial charge is 0.356 e. The van der Waals surface area contributed by atoms with Crippen LogP contribution < -0.4 is 5.32 Å². The van der Waals surface area contributed by atoms with Crippen molar-refractivity contribution >= 4 is 5.91 Å². The number of nitrogens with one attached hydrogen (secondary N) is 1. The van der Waals surface area contributed by atoms with E-state index in [4.69, 9.17) is 0 Å². The van der Waals surface area contributed by atoms with Gasteiger partial charge in [-0.25, -0.2) is 0 Å². The van der Waals surface area contributed by atoms with Gasteiger partial charge in [-0.3, -0.25) is 9.78 Å². The molecule has 0 bridgehead atoms. The van der Waals surface area contributed by atoms with E-state index in [-0.39, 0.29) is 11.8 Å². The lowest BCUT2D eigenvalue weighted by molar-refractivity contribution is -0.125. The number of hydrogen-bond donors (Lipinski definition) is 1. The molecule has 1 aliphatic carbocycles. The van der Waals surface area contributed by atoms with Crippen LogP contribution in [0.3, 0.4) is 0 Å². The molecule has 1 aromatic heterocycles. The summed E-state index contributed by atoms with van der Waals surface area (Å²) in [6.07, 6.45) is 10.3. The number of hydrogen-bond acceptors (Lipinski definition) is 2. The van der Waals surface area contributed by atoms with Crippen LogP contribution in [0.15, 0.2) is 24.5 Å². The lowest BCUT2D eigenvalue weighted by Gasteiger charge is -2.20. The molecular formula is C14H20N2O. The van der Waals surface area contributed by atoms with Gasteiger partial charge in [0.25, 0.3) is 0 Å². The molecule has 0 unspecified atom stereocenters. The van der Waals surface area contributed by atoms with Crippen LogP contribution in [0, 0.1) is 5.92 Å². The summed E-state index contributed by atoms with van der Waals surface area (Å²) in [6, 6.07) is 3.99. The maximum Gasteiger partial charge on any atom is 0.223 e. The van der Waals surface area contributed by atoms with Gasteiger partial charge in [-0.1, -0.05) is 19.3 Å². The van der Waals surface area contributed by atoms with E-state index in [1.807, 2.05) is 12.1 Å². The zero-order chi connectivity index (χ0) is 11.9. The van der Waals surface area contributed by atoms with Crippen molar-refractivity contribution in [2.75, 3.05) is 6.54 Å². The average molecular weight is 232 g/mol. The second kappa shape index (κ2) is 6.38. The minimum atomic E-state index is 0.249. The first-order chi connectivity index (χ1) is 8.36. The summed E-state index contributed by atoms with van der Waals surface area (Å²) >= 11 is 0. The lowest BCUT2D eigenvalue weighted by Crippen LogP contribution is -2.33. The number of carbonyl (C=O) groups excluding carboxylic acids is 1. The predicted octanol–water partition coefficient (Wildman–Crippen LogP) is 2.32. The monoisotopic (exact) mass is 232 g/mol. The summed E-state index contributed by atoms with van der Waals surface area (Å²) in [5.74, 6) is 0.514. The van der Waals surface area contributed by atoms with Crippen molar-refractivity contribution in [3.63, 3.8) is 0 Å². The Bertz CT molecular complexity index is 344. The van der Waals surface area contributed by atoms with Gasteiger partial charge in [-0.15, -0.1) is 0 Å². The minimum absolute atomic E-state index is 0.249. The Balaban J connectivity index is 1.69. The second-order valence-corrected chi connectivity index (χ2v) is 4.73. The zero-order valence-corrected chi connectivity index (χ0v) is 10.2. The Labute approximate surface area is 103 Å². The number of nitrogens with zero attached hydrogens (tertiary/aromatic N) is 1. The van der Waals surface area contributed by atoms with Gasteiger partial charge in [-0.05, 0) is 37.0 Å². The fourth-order valence-electron chi connectivity index (χ4n) is 2.39. The van der Waals surface area contributed by atoms with Gasteiger partial charge < -0.3 is 5.32 Å². The molecule has 0 aliphatic heterocycles. The van der Waals surface area contributed by atoms with Crippen LogP contribution in [0.1, 0.15) is 37.7 Å². The van der Waals surface area contributed by atoms with Crippen molar-refractivity contribution in [3.05, 3.63) is 30.1 Å². The van der Waals surface area contributed by atoms with E-state index in [0.717, 1.165) is 25.8 Å². The molecule has 1 amide bonds. The number of pyridine rings is 1. The highest BCUT2D eigenvalue weighted by atomic mass is 16.1. The van der Waals surface area contributed by atoms with Crippen molar-refractivity contribution < 1.29 is 4.79 Å². The molecule has 0 radical (unpaired) electrons. The topological polar surface area (TPSA) is 42.0 Å². The van der Waals surface area contributed by atoms with Gasteiger partial charge in [0.05, 0.1) is 0 Å². The van der Waals surface area contributed by atoms with Gasteiger partial charge in [0.2, 0.25) is 5.91 Å². The zero-order valence-electron chi connectivity index (χ0n) is 10.2. The number of amides is 1. The Morgan fingerprint density at radius 3 is 2.65 bits per heavy atom. The number of aromatic nitrogens is 1. The molecule has 1 aromatic rings. The maximum absolute atomic E-state index is 11.9. The van der Waals surface area contributed by atoms with Crippen molar-refractivity contribution in [3.8, 4) is 0 Å². The van der Waals surface area contributed by atoms with E-state index >= 15 is 0 Å². The molecule has 1 aliphatic rings. The Morgan fingerprint density at radius 1 is 1.24 bits per heavy atom. The van der Waals surface area contributed by atoms with Gasteiger partial charge >= 0.3 is 0 Å². The Kier molecular flexibility index (Phi) is 4.54. The SMILES string of the molecule is O=C(NCCc1ccncc1)C1CCCCC1. The van der Waals surface area contributed by atoms with E-state index in [0.29, 0.717) is 0 Å². The van der Waals surface area contributed by atoms with Crippen LogP contribution in [0.4, 0.5) is 0 Å². The molecule has 92 valence electrons. The third kappa shape index (κ3) is 3.84. The van der Waals surface area contributed by atoms with E-state index in [1.165, 1.54) is 24.8 Å². The molecule has 0 spiro atoms. The van der Waals surface area contributed by atoms with Crippen molar-refractivity contribution in [1.29, 1.82) is 0 Å². The molecule has 1 heterocycles. The van der Waals surface area contributed by atoms with Gasteiger partial charge in [0, 0.05) is 24.9 Å². The van der Waals surface area contributed by atoms with Crippen LogP contribution in [-0.4, -0.2) is 17.4 Å². The minimum Gasteiger partial charge on any atom is -0.356 e. The predicted molar refractivity (Wildman–Crippen MR) is 67.5 cm³/mol. The molecule has 1 N–H and O–H groups in total. The van der Waals surface area contributed by atoms with Crippen LogP contribution in [0.25, 0.3) is 0 Å².